The molecule has 0 aliphatic carbocycles. The van der Waals surface area contributed by atoms with Crippen molar-refractivity contribution in [2.45, 2.75) is 39.4 Å². The van der Waals surface area contributed by atoms with Crippen LogP contribution in [0.5, 0.6) is 5.75 Å². The lowest BCUT2D eigenvalue weighted by molar-refractivity contribution is 0.162. The summed E-state index contributed by atoms with van der Waals surface area (Å²) in [6.07, 6.45) is 0.252. The van der Waals surface area contributed by atoms with Gasteiger partial charge in [-0.25, -0.2) is 0 Å². The predicted octanol–water partition coefficient (Wildman–Crippen LogP) is 4.58. The lowest BCUT2D eigenvalue weighted by Crippen LogP contribution is -2.10. The monoisotopic (exact) mass is 270 g/mol. The third-order valence-corrected chi connectivity index (χ3v) is 3.23. The first-order valence-electron chi connectivity index (χ1n) is 7.16. The van der Waals surface area contributed by atoms with Gasteiger partial charge >= 0.3 is 0 Å². The fraction of sp³-hybridized carbons (Fsp3) is 0.333. The van der Waals surface area contributed by atoms with Crippen LogP contribution in [0.15, 0.2) is 48.5 Å². The molecule has 0 fully saturated rings. The van der Waals surface area contributed by atoms with Crippen LogP contribution >= 0.6 is 0 Å². The summed E-state index contributed by atoms with van der Waals surface area (Å²) < 4.78 is 5.99. The number of aliphatic hydroxyl groups is 1. The number of rotatable bonds is 5. The summed E-state index contributed by atoms with van der Waals surface area (Å²) in [5, 5.41) is 10.2. The maximum Gasteiger partial charge on any atom is 0.133 e. The second-order valence-electron chi connectivity index (χ2n) is 5.18. The minimum Gasteiger partial charge on any atom is -0.490 e. The van der Waals surface area contributed by atoms with E-state index in [2.05, 4.69) is 12.1 Å². The molecule has 0 radical (unpaired) electrons. The van der Waals surface area contributed by atoms with Crippen LogP contribution in [0.2, 0.25) is 0 Å². The number of hydrogen-bond donors (Lipinski definition) is 1. The van der Waals surface area contributed by atoms with Gasteiger partial charge in [-0.3, -0.25) is 0 Å². The summed E-state index contributed by atoms with van der Waals surface area (Å²) in [5.41, 5.74) is 3.00. The number of ether oxygens (including phenoxy) is 1. The molecule has 20 heavy (non-hydrogen) atoms. The van der Waals surface area contributed by atoms with Gasteiger partial charge in [0.2, 0.25) is 0 Å². The zero-order valence-electron chi connectivity index (χ0n) is 12.3. The molecule has 0 amide bonds. The molecule has 0 heterocycles. The van der Waals surface area contributed by atoms with Crippen molar-refractivity contribution in [2.75, 3.05) is 0 Å². The first kappa shape index (κ1) is 14.6. The first-order valence-corrected chi connectivity index (χ1v) is 7.16. The highest BCUT2D eigenvalue weighted by Crippen LogP contribution is 2.37. The van der Waals surface area contributed by atoms with E-state index in [0.29, 0.717) is 6.42 Å². The van der Waals surface area contributed by atoms with E-state index in [-0.39, 0.29) is 6.10 Å². The van der Waals surface area contributed by atoms with Crippen molar-refractivity contribution >= 4 is 0 Å². The molecule has 0 spiro atoms. The lowest BCUT2D eigenvalue weighted by Gasteiger charge is -2.20. The van der Waals surface area contributed by atoms with Gasteiger partial charge in [-0.2, -0.15) is 0 Å². The maximum absolute atomic E-state index is 10.2. The van der Waals surface area contributed by atoms with Crippen LogP contribution in [0, 0.1) is 0 Å². The Kier molecular flexibility index (Phi) is 4.80. The summed E-state index contributed by atoms with van der Waals surface area (Å²) in [7, 11) is 0. The third kappa shape index (κ3) is 3.20. The zero-order valence-corrected chi connectivity index (χ0v) is 12.3. The highest BCUT2D eigenvalue weighted by molar-refractivity contribution is 5.72. The van der Waals surface area contributed by atoms with Gasteiger partial charge in [-0.05, 0) is 25.8 Å². The molecule has 2 nitrogen and oxygen atoms in total. The number of benzene rings is 2. The van der Waals surface area contributed by atoms with E-state index in [9.17, 15) is 5.11 Å². The van der Waals surface area contributed by atoms with Gasteiger partial charge in [0.15, 0.2) is 0 Å². The Morgan fingerprint density at radius 2 is 1.70 bits per heavy atom. The number of para-hydroxylation sites is 1. The van der Waals surface area contributed by atoms with Crippen LogP contribution in [0.25, 0.3) is 11.1 Å². The van der Waals surface area contributed by atoms with E-state index in [1.807, 2.05) is 57.2 Å². The first-order chi connectivity index (χ1) is 9.63. The lowest BCUT2D eigenvalue weighted by atomic mass is 9.97. The average Bonchev–Trinajstić information content (AvgIpc) is 2.47. The molecule has 2 aromatic carbocycles. The molecule has 2 heteroatoms. The molecule has 1 N–H and O–H groups in total. The summed E-state index contributed by atoms with van der Waals surface area (Å²) in [5.74, 6) is 0.794. The van der Waals surface area contributed by atoms with Crippen LogP contribution in [0.3, 0.4) is 0 Å². The number of hydrogen-bond acceptors (Lipinski definition) is 2. The Labute approximate surface area is 121 Å². The van der Waals surface area contributed by atoms with Crippen LogP contribution in [-0.4, -0.2) is 11.2 Å². The SMILES string of the molecule is CC[C@H](O)c1cccc(-c2ccccc2)c1OC(C)C. The fourth-order valence-electron chi connectivity index (χ4n) is 2.25. The smallest absolute Gasteiger partial charge is 0.133 e. The Hall–Kier alpha value is -1.80. The van der Waals surface area contributed by atoms with E-state index in [4.69, 9.17) is 4.74 Å². The molecule has 0 saturated heterocycles. The molecule has 0 saturated carbocycles. The van der Waals surface area contributed by atoms with E-state index in [1.165, 1.54) is 0 Å². The molecular weight excluding hydrogens is 248 g/mol. The second-order valence-corrected chi connectivity index (χ2v) is 5.18. The average molecular weight is 270 g/mol. The summed E-state index contributed by atoms with van der Waals surface area (Å²) >= 11 is 0. The quantitative estimate of drug-likeness (QED) is 0.861. The van der Waals surface area contributed by atoms with E-state index in [0.717, 1.165) is 22.4 Å². The standard InChI is InChI=1S/C18H22O2/c1-4-17(19)16-12-8-11-15(18(16)20-13(2)3)14-9-6-5-7-10-14/h5-13,17,19H,4H2,1-3H3/t17-/m0/s1. The zero-order chi connectivity index (χ0) is 14.5. The molecule has 2 aromatic rings. The minimum atomic E-state index is -0.493. The van der Waals surface area contributed by atoms with Crippen molar-refractivity contribution < 1.29 is 9.84 Å². The van der Waals surface area contributed by atoms with Gasteiger partial charge in [0.05, 0.1) is 12.2 Å². The molecule has 106 valence electrons. The fourth-order valence-corrected chi connectivity index (χ4v) is 2.25. The van der Waals surface area contributed by atoms with Gasteiger partial charge in [0.25, 0.3) is 0 Å². The van der Waals surface area contributed by atoms with Crippen LogP contribution < -0.4 is 4.74 Å². The van der Waals surface area contributed by atoms with Gasteiger partial charge in [-0.1, -0.05) is 55.5 Å². The van der Waals surface area contributed by atoms with Crippen molar-refractivity contribution in [3.05, 3.63) is 54.1 Å². The highest BCUT2D eigenvalue weighted by atomic mass is 16.5. The molecule has 0 aromatic heterocycles. The van der Waals surface area contributed by atoms with Crippen molar-refractivity contribution in [3.63, 3.8) is 0 Å². The molecule has 0 aliphatic heterocycles. The normalized spacial score (nSPS) is 12.4. The molecule has 0 aliphatic rings. The van der Waals surface area contributed by atoms with Crippen molar-refractivity contribution in [1.82, 2.24) is 0 Å². The molecule has 0 unspecified atom stereocenters. The Morgan fingerprint density at radius 1 is 1.00 bits per heavy atom. The van der Waals surface area contributed by atoms with Crippen LogP contribution in [0.1, 0.15) is 38.9 Å². The van der Waals surface area contributed by atoms with Gasteiger partial charge in [0.1, 0.15) is 5.75 Å². The van der Waals surface area contributed by atoms with Gasteiger partial charge < -0.3 is 9.84 Å². The van der Waals surface area contributed by atoms with Crippen molar-refractivity contribution in [3.8, 4) is 16.9 Å². The summed E-state index contributed by atoms with van der Waals surface area (Å²) in [4.78, 5) is 0. The third-order valence-electron chi connectivity index (χ3n) is 3.23. The van der Waals surface area contributed by atoms with Gasteiger partial charge in [-0.15, -0.1) is 0 Å². The summed E-state index contributed by atoms with van der Waals surface area (Å²) in [6, 6.07) is 16.1. The van der Waals surface area contributed by atoms with Crippen LogP contribution in [0.4, 0.5) is 0 Å². The van der Waals surface area contributed by atoms with E-state index < -0.39 is 6.10 Å². The van der Waals surface area contributed by atoms with Crippen molar-refractivity contribution in [2.24, 2.45) is 0 Å². The summed E-state index contributed by atoms with van der Waals surface area (Å²) in [6.45, 7) is 5.98. The largest absolute Gasteiger partial charge is 0.490 e. The Bertz CT molecular complexity index is 547. The number of aliphatic hydroxyl groups excluding tert-OH is 1. The van der Waals surface area contributed by atoms with Gasteiger partial charge in [0, 0.05) is 11.1 Å². The minimum absolute atomic E-state index is 0.0719. The maximum atomic E-state index is 10.2. The van der Waals surface area contributed by atoms with E-state index >= 15 is 0 Å². The highest BCUT2D eigenvalue weighted by Gasteiger charge is 2.17. The second kappa shape index (κ2) is 6.58. The molecule has 1 atom stereocenters. The molecule has 2 rings (SSSR count). The van der Waals surface area contributed by atoms with Crippen molar-refractivity contribution in [1.29, 1.82) is 0 Å². The van der Waals surface area contributed by atoms with Crippen LogP contribution in [-0.2, 0) is 0 Å². The predicted molar refractivity (Wildman–Crippen MR) is 82.9 cm³/mol. The molecule has 0 bridgehead atoms. The topological polar surface area (TPSA) is 29.5 Å². The Morgan fingerprint density at radius 3 is 2.30 bits per heavy atom. The molecular formula is C18H22O2. The van der Waals surface area contributed by atoms with E-state index in [1.54, 1.807) is 0 Å². The Balaban J connectivity index is 2.56.